The molecular weight excluding hydrogens is 186 g/mol. The molecule has 0 aliphatic carbocycles. The number of nitrogens with two attached hydrogens (primary N) is 1. The summed E-state index contributed by atoms with van der Waals surface area (Å²) in [6, 6.07) is -0.626. The molecule has 0 aromatic heterocycles. The molecule has 3 N–H and O–H groups in total. The summed E-state index contributed by atoms with van der Waals surface area (Å²) in [4.78, 5) is 24.5. The molecule has 0 bridgehead atoms. The number of amides is 3. The number of ether oxygens (including phenoxy) is 1. The first-order chi connectivity index (χ1) is 6.60. The van der Waals surface area contributed by atoms with Gasteiger partial charge in [-0.15, -0.1) is 0 Å². The standard InChI is InChI=1S/C8H13N3O3/c1-5(2-9)11-6(12)8(3-14-4-8)10-7(11)13/h5H,2-4,9H2,1H3,(H,10,13). The average Bonchev–Trinajstić information content (AvgIpc) is 2.36. The fraction of sp³-hybridized carbons (Fsp3) is 0.750. The number of rotatable bonds is 2. The van der Waals surface area contributed by atoms with Gasteiger partial charge in [0.25, 0.3) is 5.91 Å². The van der Waals surface area contributed by atoms with Gasteiger partial charge >= 0.3 is 6.03 Å². The number of imide groups is 1. The van der Waals surface area contributed by atoms with E-state index in [9.17, 15) is 9.59 Å². The van der Waals surface area contributed by atoms with Gasteiger partial charge in [0.2, 0.25) is 0 Å². The normalized spacial score (nSPS) is 26.3. The van der Waals surface area contributed by atoms with Gasteiger partial charge in [0.05, 0.1) is 19.3 Å². The van der Waals surface area contributed by atoms with E-state index >= 15 is 0 Å². The summed E-state index contributed by atoms with van der Waals surface area (Å²) in [7, 11) is 0. The fourth-order valence-corrected chi connectivity index (χ4v) is 1.65. The molecule has 1 unspecified atom stereocenters. The largest absolute Gasteiger partial charge is 0.375 e. The van der Waals surface area contributed by atoms with E-state index < -0.39 is 5.54 Å². The fourth-order valence-electron chi connectivity index (χ4n) is 1.65. The molecule has 2 fully saturated rings. The van der Waals surface area contributed by atoms with Crippen LogP contribution in [-0.4, -0.2) is 48.2 Å². The Hall–Kier alpha value is -1.14. The van der Waals surface area contributed by atoms with Gasteiger partial charge in [-0.2, -0.15) is 0 Å². The zero-order chi connectivity index (χ0) is 10.3. The second-order valence-corrected chi connectivity index (χ2v) is 3.76. The molecule has 14 heavy (non-hydrogen) atoms. The number of carbonyl (C=O) groups is 2. The van der Waals surface area contributed by atoms with E-state index in [1.807, 2.05) is 0 Å². The predicted octanol–water partition coefficient (Wildman–Crippen LogP) is -1.35. The van der Waals surface area contributed by atoms with Gasteiger partial charge in [-0.05, 0) is 6.92 Å². The highest BCUT2D eigenvalue weighted by atomic mass is 16.5. The van der Waals surface area contributed by atoms with Crippen molar-refractivity contribution in [1.29, 1.82) is 0 Å². The highest BCUT2D eigenvalue weighted by Gasteiger charge is 2.57. The van der Waals surface area contributed by atoms with Crippen LogP contribution in [0.15, 0.2) is 0 Å². The van der Waals surface area contributed by atoms with E-state index in [0.29, 0.717) is 0 Å². The van der Waals surface area contributed by atoms with Crippen molar-refractivity contribution in [2.45, 2.75) is 18.5 Å². The van der Waals surface area contributed by atoms with Gasteiger partial charge < -0.3 is 15.8 Å². The topological polar surface area (TPSA) is 84.7 Å². The lowest BCUT2D eigenvalue weighted by atomic mass is 9.97. The van der Waals surface area contributed by atoms with Crippen LogP contribution in [0.1, 0.15) is 6.92 Å². The minimum Gasteiger partial charge on any atom is -0.375 e. The molecule has 2 heterocycles. The number of nitrogens with one attached hydrogen (secondary N) is 1. The Kier molecular flexibility index (Phi) is 1.97. The molecule has 3 amide bonds. The molecule has 1 spiro atoms. The number of hydrogen-bond donors (Lipinski definition) is 2. The molecule has 0 aromatic carbocycles. The van der Waals surface area contributed by atoms with Crippen molar-refractivity contribution >= 4 is 11.9 Å². The van der Waals surface area contributed by atoms with Crippen LogP contribution in [-0.2, 0) is 9.53 Å². The van der Waals surface area contributed by atoms with Crippen LogP contribution in [0.4, 0.5) is 4.79 Å². The number of hydrogen-bond acceptors (Lipinski definition) is 4. The first-order valence-electron chi connectivity index (χ1n) is 4.54. The van der Waals surface area contributed by atoms with Crippen LogP contribution in [0.3, 0.4) is 0 Å². The molecule has 2 aliphatic heterocycles. The highest BCUT2D eigenvalue weighted by Crippen LogP contribution is 2.26. The molecule has 2 saturated heterocycles. The van der Waals surface area contributed by atoms with Crippen LogP contribution >= 0.6 is 0 Å². The minimum absolute atomic E-state index is 0.216. The maximum absolute atomic E-state index is 11.8. The Morgan fingerprint density at radius 3 is 2.64 bits per heavy atom. The summed E-state index contributed by atoms with van der Waals surface area (Å²) < 4.78 is 4.95. The van der Waals surface area contributed by atoms with Gasteiger partial charge in [-0.3, -0.25) is 9.69 Å². The Balaban J connectivity index is 2.20. The van der Waals surface area contributed by atoms with Crippen molar-refractivity contribution < 1.29 is 14.3 Å². The summed E-state index contributed by atoms with van der Waals surface area (Å²) in [5.41, 5.74) is 4.63. The second-order valence-electron chi connectivity index (χ2n) is 3.76. The van der Waals surface area contributed by atoms with Crippen LogP contribution in [0.25, 0.3) is 0 Å². The van der Waals surface area contributed by atoms with Crippen molar-refractivity contribution in [2.75, 3.05) is 19.8 Å². The summed E-state index contributed by atoms with van der Waals surface area (Å²) in [6.07, 6.45) is 0. The smallest absolute Gasteiger partial charge is 0.325 e. The van der Waals surface area contributed by atoms with E-state index in [2.05, 4.69) is 5.32 Å². The lowest BCUT2D eigenvalue weighted by Crippen LogP contribution is -2.62. The monoisotopic (exact) mass is 199 g/mol. The molecule has 2 rings (SSSR count). The second kappa shape index (κ2) is 2.93. The molecule has 0 saturated carbocycles. The third kappa shape index (κ3) is 1.04. The Bertz CT molecular complexity index is 288. The zero-order valence-electron chi connectivity index (χ0n) is 7.95. The summed E-state index contributed by atoms with van der Waals surface area (Å²) in [6.45, 7) is 2.56. The number of carbonyl (C=O) groups excluding carboxylic acids is 2. The summed E-state index contributed by atoms with van der Waals surface area (Å²) >= 11 is 0. The van der Waals surface area contributed by atoms with Crippen LogP contribution in [0, 0.1) is 0 Å². The van der Waals surface area contributed by atoms with Gasteiger partial charge in [0.15, 0.2) is 5.54 Å². The number of nitrogens with zero attached hydrogens (tertiary/aromatic N) is 1. The van der Waals surface area contributed by atoms with E-state index in [1.165, 1.54) is 4.90 Å². The van der Waals surface area contributed by atoms with E-state index in [-0.39, 0.29) is 37.7 Å². The Morgan fingerprint density at radius 1 is 1.64 bits per heavy atom. The lowest BCUT2D eigenvalue weighted by molar-refractivity contribution is -0.148. The summed E-state index contributed by atoms with van der Waals surface area (Å²) in [5, 5.41) is 2.64. The lowest BCUT2D eigenvalue weighted by Gasteiger charge is -2.35. The van der Waals surface area contributed by atoms with Crippen molar-refractivity contribution in [3.8, 4) is 0 Å². The van der Waals surface area contributed by atoms with Crippen molar-refractivity contribution in [2.24, 2.45) is 5.73 Å². The van der Waals surface area contributed by atoms with E-state index in [0.717, 1.165) is 0 Å². The van der Waals surface area contributed by atoms with Gasteiger partial charge in [-0.1, -0.05) is 0 Å². The molecule has 0 radical (unpaired) electrons. The summed E-state index contributed by atoms with van der Waals surface area (Å²) in [5.74, 6) is -0.216. The van der Waals surface area contributed by atoms with Crippen LogP contribution in [0.5, 0.6) is 0 Å². The molecule has 6 nitrogen and oxygen atoms in total. The maximum atomic E-state index is 11.8. The van der Waals surface area contributed by atoms with Crippen LogP contribution < -0.4 is 11.1 Å². The SMILES string of the molecule is CC(CN)N1C(=O)NC2(COC2)C1=O. The molecule has 78 valence electrons. The maximum Gasteiger partial charge on any atom is 0.325 e. The van der Waals surface area contributed by atoms with Crippen LogP contribution in [0.2, 0.25) is 0 Å². The van der Waals surface area contributed by atoms with Crippen molar-refractivity contribution in [3.63, 3.8) is 0 Å². The molecule has 6 heteroatoms. The first kappa shape index (κ1) is 9.42. The van der Waals surface area contributed by atoms with Gasteiger partial charge in [0.1, 0.15) is 0 Å². The van der Waals surface area contributed by atoms with Crippen molar-refractivity contribution in [1.82, 2.24) is 10.2 Å². The highest BCUT2D eigenvalue weighted by molar-refractivity contribution is 6.08. The Morgan fingerprint density at radius 2 is 2.29 bits per heavy atom. The first-order valence-corrected chi connectivity index (χ1v) is 4.54. The molecule has 1 atom stereocenters. The van der Waals surface area contributed by atoms with E-state index in [4.69, 9.17) is 10.5 Å². The predicted molar refractivity (Wildman–Crippen MR) is 47.4 cm³/mol. The molecule has 0 aromatic rings. The van der Waals surface area contributed by atoms with Crippen molar-refractivity contribution in [3.05, 3.63) is 0 Å². The quantitative estimate of drug-likeness (QED) is 0.539. The van der Waals surface area contributed by atoms with E-state index in [1.54, 1.807) is 6.92 Å². The third-order valence-electron chi connectivity index (χ3n) is 2.67. The zero-order valence-corrected chi connectivity index (χ0v) is 7.95. The van der Waals surface area contributed by atoms with Gasteiger partial charge in [0, 0.05) is 6.54 Å². The molecular formula is C8H13N3O3. The van der Waals surface area contributed by atoms with Gasteiger partial charge in [-0.25, -0.2) is 4.79 Å². The third-order valence-corrected chi connectivity index (χ3v) is 2.67. The Labute approximate surface area is 81.4 Å². The molecule has 2 aliphatic rings. The minimum atomic E-state index is -0.791. The average molecular weight is 199 g/mol. The number of urea groups is 1.